The number of carbonyl (C=O) groups is 2. The van der Waals surface area contributed by atoms with Crippen molar-refractivity contribution in [2.24, 2.45) is 5.92 Å². The fourth-order valence-corrected chi connectivity index (χ4v) is 6.04. The van der Waals surface area contributed by atoms with Gasteiger partial charge in [0, 0.05) is 56.7 Å². The molecule has 3 fully saturated rings. The molecule has 186 valence electrons. The third-order valence-corrected chi connectivity index (χ3v) is 8.28. The van der Waals surface area contributed by atoms with Gasteiger partial charge in [-0.05, 0) is 61.1 Å². The van der Waals surface area contributed by atoms with Crippen LogP contribution < -0.4 is 0 Å². The summed E-state index contributed by atoms with van der Waals surface area (Å²) in [6.45, 7) is 2.74. The van der Waals surface area contributed by atoms with Crippen molar-refractivity contribution < 1.29 is 14.7 Å². The van der Waals surface area contributed by atoms with E-state index in [0.29, 0.717) is 11.5 Å². The molecule has 0 aromatic heterocycles. The van der Waals surface area contributed by atoms with Crippen molar-refractivity contribution in [1.29, 1.82) is 0 Å². The van der Waals surface area contributed by atoms with E-state index in [0.717, 1.165) is 56.4 Å². The van der Waals surface area contributed by atoms with Crippen molar-refractivity contribution in [3.8, 4) is 11.1 Å². The van der Waals surface area contributed by atoms with Gasteiger partial charge < -0.3 is 14.9 Å². The predicted octanol–water partition coefficient (Wildman–Crippen LogP) is 3.61. The fourth-order valence-electron chi connectivity index (χ4n) is 6.04. The van der Waals surface area contributed by atoms with Crippen LogP contribution in [-0.2, 0) is 4.79 Å². The summed E-state index contributed by atoms with van der Waals surface area (Å²) in [6, 6.07) is 16.7. The molecule has 1 N–H and O–H groups in total. The minimum absolute atomic E-state index is 0.00546. The van der Waals surface area contributed by atoms with Gasteiger partial charge in [0.2, 0.25) is 5.91 Å². The zero-order valence-electron chi connectivity index (χ0n) is 20.9. The average molecular weight is 476 g/mol. The molecule has 2 amide bonds. The summed E-state index contributed by atoms with van der Waals surface area (Å²) >= 11 is 0. The molecule has 2 aromatic rings. The largest absolute Gasteiger partial charge is 0.395 e. The normalized spacial score (nSPS) is 25.0. The lowest BCUT2D eigenvalue weighted by Gasteiger charge is -2.57. The average Bonchev–Trinajstić information content (AvgIpc) is 2.82. The van der Waals surface area contributed by atoms with Crippen molar-refractivity contribution in [3.05, 3.63) is 59.7 Å². The van der Waals surface area contributed by atoms with Gasteiger partial charge in [0.25, 0.3) is 5.91 Å². The van der Waals surface area contributed by atoms with Gasteiger partial charge in [-0.25, -0.2) is 0 Å². The standard InChI is InChI=1S/C29H37N3O3/c1-30(2)28(34)24-10-6-9-23(17-24)20-11-13-21(14-12-20)27-25-18-31(29(35)22-7-5-8-22)15-3-4-16-32(25)26(27)19-33/h6,9-14,17,22,25-27,33H,3-5,7-8,15-16,18-19H2,1-2H3/t25-,26-,27+/m0/s1. The summed E-state index contributed by atoms with van der Waals surface area (Å²) in [5, 5.41) is 10.2. The number of benzene rings is 2. The first kappa shape index (κ1) is 24.0. The van der Waals surface area contributed by atoms with Crippen LogP contribution in [0.2, 0.25) is 0 Å². The molecular weight excluding hydrogens is 438 g/mol. The minimum Gasteiger partial charge on any atom is -0.395 e. The van der Waals surface area contributed by atoms with Crippen LogP contribution in [0.15, 0.2) is 48.5 Å². The number of hydrogen-bond acceptors (Lipinski definition) is 4. The lowest BCUT2D eigenvalue weighted by Crippen LogP contribution is -2.68. The Morgan fingerprint density at radius 1 is 0.971 bits per heavy atom. The van der Waals surface area contributed by atoms with Crippen LogP contribution in [0.3, 0.4) is 0 Å². The second-order valence-electron chi connectivity index (χ2n) is 10.6. The zero-order chi connectivity index (χ0) is 24.5. The number of amides is 2. The van der Waals surface area contributed by atoms with E-state index in [-0.39, 0.29) is 36.4 Å². The number of hydrogen-bond donors (Lipinski definition) is 1. The molecule has 6 nitrogen and oxygen atoms in total. The van der Waals surface area contributed by atoms with Gasteiger partial charge in [-0.15, -0.1) is 0 Å². The molecule has 2 saturated heterocycles. The monoisotopic (exact) mass is 475 g/mol. The summed E-state index contributed by atoms with van der Waals surface area (Å²) in [6.07, 6.45) is 5.35. The van der Waals surface area contributed by atoms with E-state index in [2.05, 4.69) is 34.1 Å². The maximum Gasteiger partial charge on any atom is 0.253 e. The van der Waals surface area contributed by atoms with E-state index in [4.69, 9.17) is 0 Å². The highest BCUT2D eigenvalue weighted by Crippen LogP contribution is 2.43. The van der Waals surface area contributed by atoms with Crippen LogP contribution in [0, 0.1) is 5.92 Å². The Bertz CT molecular complexity index is 1060. The zero-order valence-corrected chi connectivity index (χ0v) is 20.9. The number of fused-ring (bicyclic) bond motifs is 1. The number of aliphatic hydroxyl groups excluding tert-OH is 1. The molecule has 0 bridgehead atoms. The maximum atomic E-state index is 13.1. The van der Waals surface area contributed by atoms with Crippen molar-refractivity contribution in [3.63, 3.8) is 0 Å². The first-order valence-corrected chi connectivity index (χ1v) is 13.1. The summed E-state index contributed by atoms with van der Waals surface area (Å²) in [5.41, 5.74) is 3.98. The van der Waals surface area contributed by atoms with Gasteiger partial charge in [0.1, 0.15) is 0 Å². The Morgan fingerprint density at radius 2 is 1.71 bits per heavy atom. The van der Waals surface area contributed by atoms with E-state index >= 15 is 0 Å². The van der Waals surface area contributed by atoms with Crippen LogP contribution >= 0.6 is 0 Å². The highest BCUT2D eigenvalue weighted by Gasteiger charge is 2.49. The Hall–Kier alpha value is -2.70. The number of carbonyl (C=O) groups excluding carboxylic acids is 2. The Kier molecular flexibility index (Phi) is 6.94. The van der Waals surface area contributed by atoms with Crippen LogP contribution in [-0.4, -0.2) is 84.0 Å². The number of rotatable bonds is 5. The van der Waals surface area contributed by atoms with Gasteiger partial charge in [-0.2, -0.15) is 0 Å². The molecular formula is C29H37N3O3. The molecule has 2 heterocycles. The molecule has 1 aliphatic carbocycles. The first-order valence-electron chi connectivity index (χ1n) is 13.1. The van der Waals surface area contributed by atoms with Gasteiger partial charge in [0.05, 0.1) is 6.61 Å². The van der Waals surface area contributed by atoms with E-state index < -0.39 is 0 Å². The van der Waals surface area contributed by atoms with Gasteiger partial charge in [0.15, 0.2) is 0 Å². The fraction of sp³-hybridized carbons (Fsp3) is 0.517. The van der Waals surface area contributed by atoms with Crippen molar-refractivity contribution in [1.82, 2.24) is 14.7 Å². The third-order valence-electron chi connectivity index (χ3n) is 8.28. The van der Waals surface area contributed by atoms with E-state index in [1.165, 1.54) is 12.0 Å². The molecule has 5 rings (SSSR count). The molecule has 35 heavy (non-hydrogen) atoms. The van der Waals surface area contributed by atoms with Crippen LogP contribution in [0.1, 0.15) is 53.9 Å². The summed E-state index contributed by atoms with van der Waals surface area (Å²) in [7, 11) is 3.53. The molecule has 1 saturated carbocycles. The topological polar surface area (TPSA) is 64.1 Å². The molecule has 6 heteroatoms. The second-order valence-corrected chi connectivity index (χ2v) is 10.6. The first-order chi connectivity index (χ1) is 17.0. The lowest BCUT2D eigenvalue weighted by atomic mass is 9.74. The summed E-state index contributed by atoms with van der Waals surface area (Å²) in [4.78, 5) is 31.6. The van der Waals surface area contributed by atoms with Gasteiger partial charge >= 0.3 is 0 Å². The second kappa shape index (κ2) is 10.1. The van der Waals surface area contributed by atoms with Gasteiger partial charge in [-0.1, -0.05) is 42.8 Å². The van der Waals surface area contributed by atoms with E-state index in [9.17, 15) is 14.7 Å². The minimum atomic E-state index is -0.00546. The van der Waals surface area contributed by atoms with E-state index in [1.807, 2.05) is 24.3 Å². The number of aliphatic hydroxyl groups is 1. The number of nitrogens with zero attached hydrogens (tertiary/aromatic N) is 3. The van der Waals surface area contributed by atoms with Crippen LogP contribution in [0.5, 0.6) is 0 Å². The lowest BCUT2D eigenvalue weighted by molar-refractivity contribution is -0.143. The molecule has 0 radical (unpaired) electrons. The highest BCUT2D eigenvalue weighted by molar-refractivity contribution is 5.95. The van der Waals surface area contributed by atoms with Crippen molar-refractivity contribution in [2.45, 2.75) is 50.1 Å². The van der Waals surface area contributed by atoms with Gasteiger partial charge in [-0.3, -0.25) is 14.5 Å². The molecule has 0 spiro atoms. The molecule has 2 aliphatic heterocycles. The Balaban J connectivity index is 1.36. The Labute approximate surface area is 208 Å². The molecule has 3 aliphatic rings. The van der Waals surface area contributed by atoms with E-state index in [1.54, 1.807) is 19.0 Å². The predicted molar refractivity (Wildman–Crippen MR) is 137 cm³/mol. The quantitative estimate of drug-likeness (QED) is 0.718. The van der Waals surface area contributed by atoms with Crippen LogP contribution in [0.4, 0.5) is 0 Å². The SMILES string of the molecule is CN(C)C(=O)c1cccc(-c2ccc([C@H]3[C@H](CO)N4CCCCN(C(=O)C5CCC5)C[C@@H]34)cc2)c1. The Morgan fingerprint density at radius 3 is 2.37 bits per heavy atom. The van der Waals surface area contributed by atoms with Crippen molar-refractivity contribution in [2.75, 3.05) is 40.3 Å². The third kappa shape index (κ3) is 4.62. The van der Waals surface area contributed by atoms with Crippen molar-refractivity contribution >= 4 is 11.8 Å². The summed E-state index contributed by atoms with van der Waals surface area (Å²) < 4.78 is 0. The highest BCUT2D eigenvalue weighted by atomic mass is 16.3. The molecule has 3 atom stereocenters. The van der Waals surface area contributed by atoms with Crippen LogP contribution in [0.25, 0.3) is 11.1 Å². The molecule has 0 unspecified atom stereocenters. The summed E-state index contributed by atoms with van der Waals surface area (Å²) in [5.74, 6) is 0.774. The smallest absolute Gasteiger partial charge is 0.253 e. The molecule has 2 aromatic carbocycles. The maximum absolute atomic E-state index is 13.1.